The number of hydrogen-bond donors (Lipinski definition) is 0. The Kier molecular flexibility index (Phi) is 3.95. The van der Waals surface area contributed by atoms with Gasteiger partial charge in [0.05, 0.1) is 7.11 Å². The Balaban J connectivity index is 1.81. The minimum absolute atomic E-state index is 0.0246. The number of methoxy groups -OCH3 is 1. The Hall–Kier alpha value is -2.55. The highest BCUT2D eigenvalue weighted by molar-refractivity contribution is 6.07. The van der Waals surface area contributed by atoms with Crippen LogP contribution in [-0.2, 0) is 6.42 Å². The molecule has 0 fully saturated rings. The van der Waals surface area contributed by atoms with E-state index in [1.54, 1.807) is 19.3 Å². The predicted molar refractivity (Wildman–Crippen MR) is 91.2 cm³/mol. The number of carbonyl (C=O) groups is 1. The smallest absolute Gasteiger partial charge is 0.185 e. The van der Waals surface area contributed by atoms with Crippen LogP contribution in [-0.4, -0.2) is 18.5 Å². The van der Waals surface area contributed by atoms with E-state index in [9.17, 15) is 4.79 Å². The van der Waals surface area contributed by atoms with Gasteiger partial charge in [-0.2, -0.15) is 0 Å². The van der Waals surface area contributed by atoms with Gasteiger partial charge in [-0.3, -0.25) is 4.79 Å². The summed E-state index contributed by atoms with van der Waals surface area (Å²) in [4.78, 5) is 12.4. The summed E-state index contributed by atoms with van der Waals surface area (Å²) in [5, 5.41) is 0. The summed E-state index contributed by atoms with van der Waals surface area (Å²) in [6, 6.07) is 13.2. The van der Waals surface area contributed by atoms with Crippen LogP contribution in [0.5, 0.6) is 11.5 Å². The SMILES string of the molecule is COc1ccccc1C=CC(=O)c1ccc2c(c1)CC(C)(C)O2. The lowest BCUT2D eigenvalue weighted by Crippen LogP contribution is -2.24. The number of benzene rings is 2. The van der Waals surface area contributed by atoms with E-state index in [-0.39, 0.29) is 11.4 Å². The Labute approximate surface area is 136 Å². The number of para-hydroxylation sites is 1. The van der Waals surface area contributed by atoms with E-state index in [2.05, 4.69) is 13.8 Å². The Morgan fingerprint density at radius 2 is 2.00 bits per heavy atom. The molecule has 0 radical (unpaired) electrons. The van der Waals surface area contributed by atoms with Crippen LogP contribution in [0.25, 0.3) is 6.08 Å². The molecule has 0 amide bonds. The molecule has 2 aromatic rings. The molecule has 2 aromatic carbocycles. The molecule has 0 aliphatic carbocycles. The van der Waals surface area contributed by atoms with Crippen LogP contribution >= 0.6 is 0 Å². The van der Waals surface area contributed by atoms with Gasteiger partial charge in [0.15, 0.2) is 5.78 Å². The van der Waals surface area contributed by atoms with Crippen molar-refractivity contribution in [3.05, 3.63) is 65.2 Å². The minimum Gasteiger partial charge on any atom is -0.496 e. The summed E-state index contributed by atoms with van der Waals surface area (Å²) in [5.41, 5.74) is 2.45. The Morgan fingerprint density at radius 1 is 1.22 bits per heavy atom. The standard InChI is InChI=1S/C20H20O3/c1-20(2)13-16-12-15(9-11-19(16)23-20)17(21)10-8-14-6-4-5-7-18(14)22-3/h4-12H,13H2,1-3H3. The van der Waals surface area contributed by atoms with Crippen molar-refractivity contribution in [2.24, 2.45) is 0 Å². The molecule has 0 saturated heterocycles. The maximum absolute atomic E-state index is 12.4. The van der Waals surface area contributed by atoms with Gasteiger partial charge in [-0.05, 0) is 55.8 Å². The largest absolute Gasteiger partial charge is 0.496 e. The third kappa shape index (κ3) is 3.29. The summed E-state index contributed by atoms with van der Waals surface area (Å²) in [6.45, 7) is 4.10. The van der Waals surface area contributed by atoms with Crippen LogP contribution < -0.4 is 9.47 Å². The van der Waals surface area contributed by atoms with Gasteiger partial charge in [-0.25, -0.2) is 0 Å². The molecular weight excluding hydrogens is 288 g/mol. The predicted octanol–water partition coefficient (Wildman–Crippen LogP) is 4.30. The lowest BCUT2D eigenvalue weighted by Gasteiger charge is -2.16. The lowest BCUT2D eigenvalue weighted by molar-refractivity contribution is 0.104. The Bertz CT molecular complexity index is 772. The van der Waals surface area contributed by atoms with Gasteiger partial charge in [0.2, 0.25) is 0 Å². The van der Waals surface area contributed by atoms with Gasteiger partial charge in [0, 0.05) is 17.5 Å². The van der Waals surface area contributed by atoms with Crippen LogP contribution in [0, 0.1) is 0 Å². The highest BCUT2D eigenvalue weighted by atomic mass is 16.5. The molecule has 3 nitrogen and oxygen atoms in total. The van der Waals surface area contributed by atoms with Gasteiger partial charge in [0.1, 0.15) is 17.1 Å². The van der Waals surface area contributed by atoms with Crippen molar-refractivity contribution in [1.82, 2.24) is 0 Å². The van der Waals surface area contributed by atoms with Crippen molar-refractivity contribution in [2.75, 3.05) is 7.11 Å². The molecule has 118 valence electrons. The van der Waals surface area contributed by atoms with Crippen LogP contribution in [0.2, 0.25) is 0 Å². The minimum atomic E-state index is -0.197. The van der Waals surface area contributed by atoms with Crippen LogP contribution in [0.1, 0.15) is 35.3 Å². The van der Waals surface area contributed by atoms with E-state index < -0.39 is 0 Å². The van der Waals surface area contributed by atoms with Crippen molar-refractivity contribution < 1.29 is 14.3 Å². The topological polar surface area (TPSA) is 35.5 Å². The lowest BCUT2D eigenvalue weighted by atomic mass is 9.99. The Morgan fingerprint density at radius 3 is 2.78 bits per heavy atom. The van der Waals surface area contributed by atoms with Crippen molar-refractivity contribution in [3.63, 3.8) is 0 Å². The first-order chi connectivity index (χ1) is 11.0. The molecule has 3 rings (SSSR count). The second-order valence-electron chi connectivity index (χ2n) is 6.30. The third-order valence-electron chi connectivity index (χ3n) is 3.90. The molecular formula is C20H20O3. The molecule has 0 saturated carbocycles. The maximum atomic E-state index is 12.4. The van der Waals surface area contributed by atoms with E-state index >= 15 is 0 Å². The second-order valence-corrected chi connectivity index (χ2v) is 6.30. The summed E-state index contributed by atoms with van der Waals surface area (Å²) in [7, 11) is 1.62. The monoisotopic (exact) mass is 308 g/mol. The summed E-state index contributed by atoms with van der Waals surface area (Å²) < 4.78 is 11.1. The average molecular weight is 308 g/mol. The summed E-state index contributed by atoms with van der Waals surface area (Å²) >= 11 is 0. The number of fused-ring (bicyclic) bond motifs is 1. The highest BCUT2D eigenvalue weighted by Crippen LogP contribution is 2.35. The van der Waals surface area contributed by atoms with E-state index in [1.807, 2.05) is 42.5 Å². The maximum Gasteiger partial charge on any atom is 0.185 e. The fraction of sp³-hybridized carbons (Fsp3) is 0.250. The van der Waals surface area contributed by atoms with E-state index in [0.717, 1.165) is 29.0 Å². The van der Waals surface area contributed by atoms with Crippen LogP contribution in [0.3, 0.4) is 0 Å². The number of hydrogen-bond acceptors (Lipinski definition) is 3. The molecule has 0 atom stereocenters. The quantitative estimate of drug-likeness (QED) is 0.624. The number of allylic oxidation sites excluding steroid dienone is 1. The van der Waals surface area contributed by atoms with Gasteiger partial charge in [-0.15, -0.1) is 0 Å². The zero-order valence-corrected chi connectivity index (χ0v) is 13.6. The molecule has 3 heteroatoms. The molecule has 1 aliphatic heterocycles. The van der Waals surface area contributed by atoms with Crippen LogP contribution in [0.15, 0.2) is 48.5 Å². The zero-order chi connectivity index (χ0) is 16.4. The fourth-order valence-electron chi connectivity index (χ4n) is 2.83. The first kappa shape index (κ1) is 15.3. The normalized spacial score (nSPS) is 15.3. The zero-order valence-electron chi connectivity index (χ0n) is 13.6. The van der Waals surface area contributed by atoms with Gasteiger partial charge >= 0.3 is 0 Å². The highest BCUT2D eigenvalue weighted by Gasteiger charge is 2.30. The number of ether oxygens (including phenoxy) is 2. The van der Waals surface area contributed by atoms with Crippen LogP contribution in [0.4, 0.5) is 0 Å². The second kappa shape index (κ2) is 5.92. The first-order valence-corrected chi connectivity index (χ1v) is 7.66. The number of carbonyl (C=O) groups excluding carboxylic acids is 1. The molecule has 0 unspecified atom stereocenters. The van der Waals surface area contributed by atoms with Crippen molar-refractivity contribution in [2.45, 2.75) is 25.9 Å². The molecule has 23 heavy (non-hydrogen) atoms. The summed E-state index contributed by atoms with van der Waals surface area (Å²) in [6.07, 6.45) is 4.19. The van der Waals surface area contributed by atoms with E-state index in [0.29, 0.717) is 5.56 Å². The average Bonchev–Trinajstić information content (AvgIpc) is 2.85. The fourth-order valence-corrected chi connectivity index (χ4v) is 2.83. The molecule has 0 bridgehead atoms. The first-order valence-electron chi connectivity index (χ1n) is 7.66. The third-order valence-corrected chi connectivity index (χ3v) is 3.90. The number of rotatable bonds is 4. The van der Waals surface area contributed by atoms with Crippen molar-refractivity contribution >= 4 is 11.9 Å². The van der Waals surface area contributed by atoms with Gasteiger partial charge in [0.25, 0.3) is 0 Å². The molecule has 0 spiro atoms. The van der Waals surface area contributed by atoms with E-state index in [4.69, 9.17) is 9.47 Å². The molecule has 0 N–H and O–H groups in total. The number of ketones is 1. The van der Waals surface area contributed by atoms with Gasteiger partial charge < -0.3 is 9.47 Å². The molecule has 1 heterocycles. The van der Waals surface area contributed by atoms with Crippen molar-refractivity contribution in [1.29, 1.82) is 0 Å². The van der Waals surface area contributed by atoms with E-state index in [1.165, 1.54) is 0 Å². The van der Waals surface area contributed by atoms with Crippen molar-refractivity contribution in [3.8, 4) is 11.5 Å². The van der Waals surface area contributed by atoms with Gasteiger partial charge in [-0.1, -0.05) is 18.2 Å². The summed E-state index contributed by atoms with van der Waals surface area (Å²) in [5.74, 6) is 1.60. The molecule has 1 aliphatic rings. The molecule has 0 aromatic heterocycles.